The Morgan fingerprint density at radius 1 is 0.941 bits per heavy atom. The minimum atomic E-state index is -2.45. The average molecular weight is 263 g/mol. The number of rotatable bonds is 10. The van der Waals surface area contributed by atoms with Crippen LogP contribution < -0.4 is 0 Å². The molecule has 0 N–H and O–H groups in total. The van der Waals surface area contributed by atoms with Crippen molar-refractivity contribution in [3.05, 3.63) is 0 Å². The van der Waals surface area contributed by atoms with Crippen LogP contribution in [-0.2, 0) is 13.3 Å². The highest BCUT2D eigenvalue weighted by molar-refractivity contribution is 6.60. The highest BCUT2D eigenvalue weighted by Gasteiger charge is 2.41. The van der Waals surface area contributed by atoms with Crippen molar-refractivity contribution in [2.45, 2.75) is 33.7 Å². The van der Waals surface area contributed by atoms with Gasteiger partial charge in [0.15, 0.2) is 0 Å². The van der Waals surface area contributed by atoms with Crippen LogP contribution in [0, 0.1) is 5.92 Å². The highest BCUT2D eigenvalue weighted by Crippen LogP contribution is 2.22. The minimum Gasteiger partial charge on any atom is -0.374 e. The van der Waals surface area contributed by atoms with Gasteiger partial charge in [0.1, 0.15) is 0 Å². The summed E-state index contributed by atoms with van der Waals surface area (Å²) in [7, 11) is 1.72. The SMILES string of the molecule is CCO[Si](CC(C)CN(C)C)(OCC)OCC. The first-order valence-corrected chi connectivity index (χ1v) is 8.49. The third-order valence-electron chi connectivity index (χ3n) is 2.37. The van der Waals surface area contributed by atoms with E-state index in [4.69, 9.17) is 13.3 Å². The summed E-state index contributed by atoms with van der Waals surface area (Å²) >= 11 is 0. The fourth-order valence-corrected chi connectivity index (χ4v) is 4.98. The van der Waals surface area contributed by atoms with E-state index in [-0.39, 0.29) is 0 Å². The lowest BCUT2D eigenvalue weighted by Crippen LogP contribution is -2.48. The van der Waals surface area contributed by atoms with E-state index in [0.717, 1.165) is 12.6 Å². The summed E-state index contributed by atoms with van der Waals surface area (Å²) in [6.07, 6.45) is 0. The second kappa shape index (κ2) is 9.05. The molecule has 1 unspecified atom stereocenters. The van der Waals surface area contributed by atoms with Crippen LogP contribution in [0.5, 0.6) is 0 Å². The van der Waals surface area contributed by atoms with E-state index in [1.54, 1.807) is 0 Å². The van der Waals surface area contributed by atoms with Crippen molar-refractivity contribution in [2.24, 2.45) is 5.92 Å². The zero-order valence-corrected chi connectivity index (χ0v) is 13.3. The number of hydrogen-bond acceptors (Lipinski definition) is 4. The summed E-state index contributed by atoms with van der Waals surface area (Å²) in [5.41, 5.74) is 0. The number of nitrogens with zero attached hydrogens (tertiary/aromatic N) is 1. The van der Waals surface area contributed by atoms with E-state index in [2.05, 4.69) is 25.9 Å². The zero-order valence-electron chi connectivity index (χ0n) is 12.3. The van der Waals surface area contributed by atoms with Crippen molar-refractivity contribution in [1.82, 2.24) is 4.90 Å². The Kier molecular flexibility index (Phi) is 9.08. The van der Waals surface area contributed by atoms with Gasteiger partial charge in [0.05, 0.1) is 0 Å². The Labute approximate surface area is 108 Å². The molecule has 0 spiro atoms. The summed E-state index contributed by atoms with van der Waals surface area (Å²) in [4.78, 5) is 2.19. The average Bonchev–Trinajstić information content (AvgIpc) is 2.16. The van der Waals surface area contributed by atoms with Gasteiger partial charge in [0.25, 0.3) is 0 Å². The van der Waals surface area contributed by atoms with E-state index < -0.39 is 8.80 Å². The molecule has 104 valence electrons. The number of hydrogen-bond donors (Lipinski definition) is 0. The topological polar surface area (TPSA) is 30.9 Å². The highest BCUT2D eigenvalue weighted by atomic mass is 28.4. The van der Waals surface area contributed by atoms with Crippen LogP contribution in [0.3, 0.4) is 0 Å². The van der Waals surface area contributed by atoms with Gasteiger partial charge in [-0.25, -0.2) is 0 Å². The molecule has 0 aromatic heterocycles. The quantitative estimate of drug-likeness (QED) is 0.566. The van der Waals surface area contributed by atoms with Gasteiger partial charge in [0, 0.05) is 32.4 Å². The van der Waals surface area contributed by atoms with Crippen molar-refractivity contribution in [3.8, 4) is 0 Å². The van der Waals surface area contributed by atoms with Crippen molar-refractivity contribution < 1.29 is 13.3 Å². The summed E-state index contributed by atoms with van der Waals surface area (Å²) in [6.45, 7) is 11.2. The molecule has 0 aromatic rings. The maximum absolute atomic E-state index is 5.84. The van der Waals surface area contributed by atoms with Crippen LogP contribution in [0.4, 0.5) is 0 Å². The fraction of sp³-hybridized carbons (Fsp3) is 1.00. The lowest BCUT2D eigenvalue weighted by atomic mass is 10.2. The lowest BCUT2D eigenvalue weighted by Gasteiger charge is -2.31. The molecule has 17 heavy (non-hydrogen) atoms. The third-order valence-corrected chi connectivity index (χ3v) is 5.75. The molecule has 0 amide bonds. The van der Waals surface area contributed by atoms with E-state index in [1.165, 1.54) is 0 Å². The third kappa shape index (κ3) is 7.16. The van der Waals surface area contributed by atoms with Crippen molar-refractivity contribution >= 4 is 8.80 Å². The first-order valence-electron chi connectivity index (χ1n) is 6.56. The van der Waals surface area contributed by atoms with Crippen LogP contribution >= 0.6 is 0 Å². The summed E-state index contributed by atoms with van der Waals surface area (Å²) in [5, 5.41) is 0. The molecule has 0 aliphatic carbocycles. The van der Waals surface area contributed by atoms with Crippen molar-refractivity contribution in [2.75, 3.05) is 40.5 Å². The first kappa shape index (κ1) is 17.1. The fourth-order valence-electron chi connectivity index (χ4n) is 2.08. The lowest BCUT2D eigenvalue weighted by molar-refractivity contribution is 0.0665. The van der Waals surface area contributed by atoms with Gasteiger partial charge in [-0.05, 0) is 40.8 Å². The largest absolute Gasteiger partial charge is 0.501 e. The molecule has 0 aliphatic rings. The van der Waals surface area contributed by atoms with Crippen LogP contribution in [0.15, 0.2) is 0 Å². The maximum Gasteiger partial charge on any atom is 0.501 e. The minimum absolute atomic E-state index is 0.515. The van der Waals surface area contributed by atoms with Gasteiger partial charge in [0.2, 0.25) is 0 Å². The molecule has 0 bridgehead atoms. The molecular formula is C12H29NO3Si. The second-order valence-corrected chi connectivity index (χ2v) is 7.19. The van der Waals surface area contributed by atoms with E-state index in [0.29, 0.717) is 25.7 Å². The molecule has 0 saturated heterocycles. The standard InChI is InChI=1S/C12H29NO3Si/c1-7-14-17(15-8-2,16-9-3)11-12(4)10-13(5)6/h12H,7-11H2,1-6H3. The molecule has 4 nitrogen and oxygen atoms in total. The van der Waals surface area contributed by atoms with E-state index in [1.807, 2.05) is 20.8 Å². The maximum atomic E-state index is 5.84. The molecule has 0 heterocycles. The molecule has 0 aliphatic heterocycles. The normalized spacial score (nSPS) is 14.3. The monoisotopic (exact) mass is 263 g/mol. The van der Waals surface area contributed by atoms with Crippen molar-refractivity contribution in [3.63, 3.8) is 0 Å². The van der Waals surface area contributed by atoms with Gasteiger partial charge in [-0.1, -0.05) is 6.92 Å². The Hall–Kier alpha value is 0.0569. The van der Waals surface area contributed by atoms with Crippen LogP contribution in [-0.4, -0.2) is 54.2 Å². The predicted molar refractivity (Wildman–Crippen MR) is 73.2 cm³/mol. The predicted octanol–water partition coefficient (Wildman–Crippen LogP) is 2.23. The van der Waals surface area contributed by atoms with Crippen molar-refractivity contribution in [1.29, 1.82) is 0 Å². The molecule has 0 rings (SSSR count). The second-order valence-electron chi connectivity index (χ2n) is 4.55. The van der Waals surface area contributed by atoms with E-state index in [9.17, 15) is 0 Å². The van der Waals surface area contributed by atoms with E-state index >= 15 is 0 Å². The molecule has 0 fully saturated rings. The molecule has 0 radical (unpaired) electrons. The Morgan fingerprint density at radius 3 is 1.65 bits per heavy atom. The Balaban J connectivity index is 4.51. The van der Waals surface area contributed by atoms with Crippen LogP contribution in [0.25, 0.3) is 0 Å². The molecule has 0 saturated carbocycles. The smallest absolute Gasteiger partial charge is 0.374 e. The summed E-state index contributed by atoms with van der Waals surface area (Å²) in [6, 6.07) is 0.890. The molecular weight excluding hydrogens is 234 g/mol. The molecule has 1 atom stereocenters. The van der Waals surface area contributed by atoms with Gasteiger partial charge in [-0.15, -0.1) is 0 Å². The first-order chi connectivity index (χ1) is 7.99. The summed E-state index contributed by atoms with van der Waals surface area (Å²) in [5.74, 6) is 0.515. The van der Waals surface area contributed by atoms with Gasteiger partial charge in [-0.3, -0.25) is 0 Å². The van der Waals surface area contributed by atoms with Gasteiger partial charge in [-0.2, -0.15) is 0 Å². The Morgan fingerprint density at radius 2 is 1.35 bits per heavy atom. The zero-order chi connectivity index (χ0) is 13.3. The Bertz CT molecular complexity index is 174. The van der Waals surface area contributed by atoms with Gasteiger partial charge < -0.3 is 18.2 Å². The van der Waals surface area contributed by atoms with Gasteiger partial charge >= 0.3 is 8.80 Å². The molecule has 5 heteroatoms. The summed E-state index contributed by atoms with van der Waals surface area (Å²) < 4.78 is 17.5. The molecule has 0 aromatic carbocycles. The van der Waals surface area contributed by atoms with Crippen LogP contribution in [0.1, 0.15) is 27.7 Å². The van der Waals surface area contributed by atoms with Crippen LogP contribution in [0.2, 0.25) is 6.04 Å².